The van der Waals surface area contributed by atoms with Gasteiger partial charge in [-0.3, -0.25) is 14.6 Å². The van der Waals surface area contributed by atoms with Crippen LogP contribution in [0.15, 0.2) is 30.3 Å². The molecule has 2 bridgehead atoms. The fourth-order valence-electron chi connectivity index (χ4n) is 4.20. The van der Waals surface area contributed by atoms with Crippen molar-refractivity contribution in [2.75, 3.05) is 33.4 Å². The molecule has 6 heteroatoms. The summed E-state index contributed by atoms with van der Waals surface area (Å²) in [7, 11) is 1.82. The smallest absolute Gasteiger partial charge is 0.254 e. The molecular weight excluding hydrogens is 342 g/mol. The summed E-state index contributed by atoms with van der Waals surface area (Å²) in [5.41, 5.74) is 2.60. The van der Waals surface area contributed by atoms with E-state index in [1.165, 1.54) is 0 Å². The van der Waals surface area contributed by atoms with E-state index in [2.05, 4.69) is 0 Å². The molecule has 1 aliphatic carbocycles. The summed E-state index contributed by atoms with van der Waals surface area (Å²) in [6, 6.07) is 9.72. The van der Waals surface area contributed by atoms with Gasteiger partial charge in [0, 0.05) is 37.1 Å². The van der Waals surface area contributed by atoms with Gasteiger partial charge in [-0.2, -0.15) is 0 Å². The first-order valence-corrected chi connectivity index (χ1v) is 9.65. The highest BCUT2D eigenvalue weighted by Crippen LogP contribution is 2.40. The number of hydrogen-bond donors (Lipinski definition) is 0. The van der Waals surface area contributed by atoms with Gasteiger partial charge in [-0.25, -0.2) is 0 Å². The number of para-hydroxylation sites is 1. The summed E-state index contributed by atoms with van der Waals surface area (Å²) in [6.07, 6.45) is 2.28. The van der Waals surface area contributed by atoms with Gasteiger partial charge in [0.25, 0.3) is 5.91 Å². The maximum absolute atomic E-state index is 13.5. The third-order valence-electron chi connectivity index (χ3n) is 6.00. The molecule has 5 rings (SSSR count). The molecule has 2 aliphatic heterocycles. The molecule has 2 amide bonds. The topological polar surface area (TPSA) is 62.7 Å². The second-order valence-corrected chi connectivity index (χ2v) is 7.93. The van der Waals surface area contributed by atoms with Gasteiger partial charge in [0.2, 0.25) is 5.91 Å². The number of benzene rings is 1. The van der Waals surface area contributed by atoms with Gasteiger partial charge in [-0.1, -0.05) is 18.2 Å². The molecule has 1 aromatic heterocycles. The lowest BCUT2D eigenvalue weighted by atomic mass is 10.0. The van der Waals surface area contributed by atoms with Crippen molar-refractivity contribution < 1.29 is 14.3 Å². The lowest BCUT2D eigenvalue weighted by Crippen LogP contribution is -2.45. The van der Waals surface area contributed by atoms with Crippen LogP contribution in [0.1, 0.15) is 34.8 Å². The zero-order valence-electron chi connectivity index (χ0n) is 15.4. The summed E-state index contributed by atoms with van der Waals surface area (Å²) in [5, 5.41) is 0.886. The summed E-state index contributed by atoms with van der Waals surface area (Å²) in [4.78, 5) is 34.5. The van der Waals surface area contributed by atoms with E-state index in [9.17, 15) is 9.59 Å². The summed E-state index contributed by atoms with van der Waals surface area (Å²) in [5.74, 6) is 0.259. The fourth-order valence-corrected chi connectivity index (χ4v) is 4.20. The Labute approximate surface area is 158 Å². The highest BCUT2D eigenvalue weighted by atomic mass is 16.5. The van der Waals surface area contributed by atoms with Crippen LogP contribution in [-0.4, -0.2) is 66.0 Å². The maximum Gasteiger partial charge on any atom is 0.254 e. The Morgan fingerprint density at radius 1 is 1.15 bits per heavy atom. The largest absolute Gasteiger partial charge is 0.378 e. The van der Waals surface area contributed by atoms with Gasteiger partial charge < -0.3 is 14.5 Å². The lowest BCUT2D eigenvalue weighted by molar-refractivity contribution is -0.133. The molecule has 0 spiro atoms. The highest BCUT2D eigenvalue weighted by Gasteiger charge is 2.39. The van der Waals surface area contributed by atoms with E-state index in [-0.39, 0.29) is 23.8 Å². The third-order valence-corrected chi connectivity index (χ3v) is 6.00. The quantitative estimate of drug-likeness (QED) is 0.817. The molecule has 1 aromatic carbocycles. The Balaban J connectivity index is 1.55. The van der Waals surface area contributed by atoms with Crippen molar-refractivity contribution in [3.05, 3.63) is 41.6 Å². The van der Waals surface area contributed by atoms with Gasteiger partial charge in [0.1, 0.15) is 0 Å². The van der Waals surface area contributed by atoms with Crippen molar-refractivity contribution in [1.82, 2.24) is 14.8 Å². The second kappa shape index (κ2) is 6.30. The zero-order valence-corrected chi connectivity index (χ0v) is 15.4. The Kier molecular flexibility index (Phi) is 3.90. The Hall–Kier alpha value is -2.47. The summed E-state index contributed by atoms with van der Waals surface area (Å²) < 4.78 is 5.65. The lowest BCUT2D eigenvalue weighted by Gasteiger charge is -2.29. The number of carbonyl (C=O) groups excluding carboxylic acids is 2. The van der Waals surface area contributed by atoms with Gasteiger partial charge in [0.05, 0.1) is 36.3 Å². The van der Waals surface area contributed by atoms with Crippen LogP contribution in [0.5, 0.6) is 0 Å². The Morgan fingerprint density at radius 2 is 1.96 bits per heavy atom. The molecule has 0 unspecified atom stereocenters. The van der Waals surface area contributed by atoms with E-state index < -0.39 is 0 Å². The first-order valence-electron chi connectivity index (χ1n) is 9.65. The molecule has 3 fully saturated rings. The molecule has 1 saturated carbocycles. The van der Waals surface area contributed by atoms with E-state index in [0.717, 1.165) is 29.4 Å². The maximum atomic E-state index is 13.5. The average Bonchev–Trinajstić information content (AvgIpc) is 3.51. The molecule has 2 aromatic rings. The molecule has 27 heavy (non-hydrogen) atoms. The second-order valence-electron chi connectivity index (χ2n) is 7.93. The minimum atomic E-state index is -0.289. The highest BCUT2D eigenvalue weighted by molar-refractivity contribution is 6.06. The zero-order chi connectivity index (χ0) is 18.5. The van der Waals surface area contributed by atoms with Crippen LogP contribution in [-0.2, 0) is 9.53 Å². The number of pyridine rings is 1. The summed E-state index contributed by atoms with van der Waals surface area (Å²) in [6.45, 7) is 1.78. The van der Waals surface area contributed by atoms with Gasteiger partial charge >= 0.3 is 0 Å². The number of fused-ring (bicyclic) bond motifs is 4. The number of rotatable bonds is 2. The SMILES string of the molecule is CN1C(=O)[C@H]2COC[C@@H]1CN(C(=O)c1cc(C3CC3)nc3ccccc13)C2. The van der Waals surface area contributed by atoms with Gasteiger partial charge in [-0.05, 0) is 25.0 Å². The Morgan fingerprint density at radius 3 is 2.78 bits per heavy atom. The van der Waals surface area contributed by atoms with Crippen molar-refractivity contribution in [3.63, 3.8) is 0 Å². The first kappa shape index (κ1) is 16.7. The fraction of sp³-hybridized carbons (Fsp3) is 0.476. The predicted octanol–water partition coefficient (Wildman–Crippen LogP) is 2.04. The molecule has 2 saturated heterocycles. The molecular formula is C21H23N3O3. The van der Waals surface area contributed by atoms with E-state index in [1.807, 2.05) is 42.3 Å². The normalized spacial score (nSPS) is 25.6. The number of amides is 2. The van der Waals surface area contributed by atoms with E-state index in [1.54, 1.807) is 4.90 Å². The molecule has 0 N–H and O–H groups in total. The van der Waals surface area contributed by atoms with Crippen molar-refractivity contribution in [1.29, 1.82) is 0 Å². The average molecular weight is 365 g/mol. The number of likely N-dealkylation sites (N-methyl/N-ethyl adjacent to an activating group) is 1. The molecule has 6 nitrogen and oxygen atoms in total. The monoisotopic (exact) mass is 365 g/mol. The predicted molar refractivity (Wildman–Crippen MR) is 100 cm³/mol. The van der Waals surface area contributed by atoms with Crippen LogP contribution in [0.25, 0.3) is 10.9 Å². The van der Waals surface area contributed by atoms with Crippen molar-refractivity contribution in [2.24, 2.45) is 5.92 Å². The number of nitrogens with zero attached hydrogens (tertiary/aromatic N) is 3. The number of hydrogen-bond acceptors (Lipinski definition) is 4. The van der Waals surface area contributed by atoms with Gasteiger partial charge in [-0.15, -0.1) is 0 Å². The molecule has 2 atom stereocenters. The minimum Gasteiger partial charge on any atom is -0.378 e. The standard InChI is InChI=1S/C21H23N3O3/c1-23-15-10-24(9-14(20(23)25)11-27-12-15)21(26)17-8-19(13-6-7-13)22-18-5-3-2-4-16(17)18/h2-5,8,13-15H,6-7,9-12H2,1H3/t14-,15+/m1/s1. The van der Waals surface area contributed by atoms with Crippen molar-refractivity contribution in [2.45, 2.75) is 24.8 Å². The van der Waals surface area contributed by atoms with Crippen LogP contribution in [0.4, 0.5) is 0 Å². The van der Waals surface area contributed by atoms with E-state index in [4.69, 9.17) is 9.72 Å². The molecule has 140 valence electrons. The first-order chi connectivity index (χ1) is 13.1. The minimum absolute atomic E-state index is 0.00417. The van der Waals surface area contributed by atoms with Crippen LogP contribution in [0.2, 0.25) is 0 Å². The third kappa shape index (κ3) is 2.88. The molecule has 0 radical (unpaired) electrons. The Bertz CT molecular complexity index is 924. The van der Waals surface area contributed by atoms with Crippen LogP contribution in [0.3, 0.4) is 0 Å². The van der Waals surface area contributed by atoms with Crippen LogP contribution < -0.4 is 0 Å². The number of carbonyl (C=O) groups is 2. The van der Waals surface area contributed by atoms with Crippen LogP contribution >= 0.6 is 0 Å². The van der Waals surface area contributed by atoms with Crippen LogP contribution in [0, 0.1) is 5.92 Å². The van der Waals surface area contributed by atoms with Crippen molar-refractivity contribution in [3.8, 4) is 0 Å². The molecule has 3 heterocycles. The number of ether oxygens (including phenoxy) is 1. The van der Waals surface area contributed by atoms with E-state index >= 15 is 0 Å². The van der Waals surface area contributed by atoms with E-state index in [0.29, 0.717) is 37.8 Å². The number of aromatic nitrogens is 1. The van der Waals surface area contributed by atoms with Gasteiger partial charge in [0.15, 0.2) is 0 Å². The molecule has 3 aliphatic rings. The van der Waals surface area contributed by atoms with Crippen molar-refractivity contribution >= 4 is 22.7 Å². The summed E-state index contributed by atoms with van der Waals surface area (Å²) >= 11 is 0.